The van der Waals surface area contributed by atoms with Crippen molar-refractivity contribution < 1.29 is 22.7 Å². The first-order valence-electron chi connectivity index (χ1n) is 8.42. The van der Waals surface area contributed by atoms with Crippen molar-refractivity contribution in [2.45, 2.75) is 25.7 Å². The molecule has 0 bridgehead atoms. The fourth-order valence-electron chi connectivity index (χ4n) is 2.48. The van der Waals surface area contributed by atoms with E-state index < -0.39 is 17.5 Å². The molecule has 3 aromatic rings. The zero-order valence-corrected chi connectivity index (χ0v) is 17.9. The molecule has 0 fully saturated rings. The fraction of sp³-hybridized carbons (Fsp3) is 0.211. The van der Waals surface area contributed by atoms with Crippen molar-refractivity contribution in [3.05, 3.63) is 63.5 Å². The Kier molecular flexibility index (Phi) is 6.86. The lowest BCUT2D eigenvalue weighted by atomic mass is 10.1. The maximum Gasteiger partial charge on any atom is 0.277 e. The summed E-state index contributed by atoms with van der Waals surface area (Å²) in [7, 11) is 0. The van der Waals surface area contributed by atoms with Crippen molar-refractivity contribution in [1.82, 2.24) is 10.2 Å². The molecule has 10 heteroatoms. The Morgan fingerprint density at radius 1 is 1.24 bits per heavy atom. The summed E-state index contributed by atoms with van der Waals surface area (Å²) in [5, 5.41) is 10.3. The molecule has 0 unspecified atom stereocenters. The standard InChI is InChI=1S/C19H16BrF2N3O3S/c1-10-4-3-5-11(2)18(10)27-8-16-24-25-19(28-16)29-9-15(26)23-17-13(20)6-12(21)7-14(17)22/h3-7H,8-9H2,1-2H3,(H,23,26). The van der Waals surface area contributed by atoms with Crippen LogP contribution >= 0.6 is 27.7 Å². The van der Waals surface area contributed by atoms with Crippen molar-refractivity contribution in [3.8, 4) is 5.75 Å². The number of aryl methyl sites for hydroxylation is 2. The molecule has 0 radical (unpaired) electrons. The number of rotatable bonds is 7. The van der Waals surface area contributed by atoms with Crippen LogP contribution < -0.4 is 10.1 Å². The van der Waals surface area contributed by atoms with Crippen LogP contribution in [0.25, 0.3) is 0 Å². The van der Waals surface area contributed by atoms with E-state index in [9.17, 15) is 13.6 Å². The Morgan fingerprint density at radius 3 is 2.66 bits per heavy atom. The smallest absolute Gasteiger partial charge is 0.277 e. The molecule has 0 aliphatic heterocycles. The summed E-state index contributed by atoms with van der Waals surface area (Å²) in [6, 6.07) is 7.58. The van der Waals surface area contributed by atoms with Gasteiger partial charge in [-0.15, -0.1) is 10.2 Å². The molecular weight excluding hydrogens is 468 g/mol. The van der Waals surface area contributed by atoms with Crippen molar-refractivity contribution >= 4 is 39.3 Å². The van der Waals surface area contributed by atoms with Crippen molar-refractivity contribution in [2.24, 2.45) is 0 Å². The minimum Gasteiger partial charge on any atom is -0.483 e. The highest BCUT2D eigenvalue weighted by atomic mass is 79.9. The van der Waals surface area contributed by atoms with E-state index in [0.29, 0.717) is 6.07 Å². The molecule has 0 saturated carbocycles. The number of carbonyl (C=O) groups excluding carboxylic acids is 1. The number of halogens is 3. The lowest BCUT2D eigenvalue weighted by Crippen LogP contribution is -2.15. The number of ether oxygens (including phenoxy) is 1. The van der Waals surface area contributed by atoms with Crippen molar-refractivity contribution in [1.29, 1.82) is 0 Å². The zero-order chi connectivity index (χ0) is 21.0. The van der Waals surface area contributed by atoms with Crippen LogP contribution in [0.15, 0.2) is 44.4 Å². The van der Waals surface area contributed by atoms with Gasteiger partial charge in [-0.25, -0.2) is 8.78 Å². The maximum absolute atomic E-state index is 13.8. The van der Waals surface area contributed by atoms with Crippen LogP contribution in [0.5, 0.6) is 5.75 Å². The molecule has 152 valence electrons. The van der Waals surface area contributed by atoms with E-state index in [1.54, 1.807) is 0 Å². The van der Waals surface area contributed by atoms with E-state index in [-0.39, 0.29) is 33.6 Å². The third-order valence-electron chi connectivity index (χ3n) is 3.80. The van der Waals surface area contributed by atoms with E-state index in [4.69, 9.17) is 9.15 Å². The summed E-state index contributed by atoms with van der Waals surface area (Å²) in [5.41, 5.74) is 1.86. The third kappa shape index (κ3) is 5.54. The number of hydrogen-bond acceptors (Lipinski definition) is 6. The Morgan fingerprint density at radius 2 is 1.97 bits per heavy atom. The monoisotopic (exact) mass is 483 g/mol. The van der Waals surface area contributed by atoms with Crippen LogP contribution in [0.2, 0.25) is 0 Å². The molecule has 0 aliphatic rings. The maximum atomic E-state index is 13.8. The van der Waals surface area contributed by atoms with Gasteiger partial charge in [-0.3, -0.25) is 4.79 Å². The Bertz CT molecular complexity index is 1000. The molecule has 3 rings (SSSR count). The van der Waals surface area contributed by atoms with Crippen molar-refractivity contribution in [3.63, 3.8) is 0 Å². The van der Waals surface area contributed by atoms with Gasteiger partial charge in [0, 0.05) is 10.5 Å². The van der Waals surface area contributed by atoms with Crippen molar-refractivity contribution in [2.75, 3.05) is 11.1 Å². The van der Waals surface area contributed by atoms with Crippen LogP contribution in [0, 0.1) is 25.5 Å². The largest absolute Gasteiger partial charge is 0.483 e. The van der Waals surface area contributed by atoms with Gasteiger partial charge in [-0.1, -0.05) is 30.0 Å². The number of carbonyl (C=O) groups is 1. The SMILES string of the molecule is Cc1cccc(C)c1OCc1nnc(SCC(=O)Nc2c(F)cc(F)cc2Br)o1. The van der Waals surface area contributed by atoms with Gasteiger partial charge in [-0.05, 0) is 47.0 Å². The Balaban J connectivity index is 1.53. The molecule has 1 heterocycles. The van der Waals surface area contributed by atoms with Crippen LogP contribution in [0.1, 0.15) is 17.0 Å². The topological polar surface area (TPSA) is 77.2 Å². The second-order valence-corrected chi connectivity index (χ2v) is 7.83. The first-order chi connectivity index (χ1) is 13.8. The summed E-state index contributed by atoms with van der Waals surface area (Å²) >= 11 is 4.01. The Labute approximate surface area is 178 Å². The van der Waals surface area contributed by atoms with Gasteiger partial charge in [0.1, 0.15) is 11.6 Å². The average Bonchev–Trinajstić information content (AvgIpc) is 3.10. The number of nitrogens with zero attached hydrogens (tertiary/aromatic N) is 2. The molecule has 1 amide bonds. The molecule has 2 aromatic carbocycles. The molecule has 29 heavy (non-hydrogen) atoms. The molecule has 0 atom stereocenters. The number of benzene rings is 2. The predicted molar refractivity (Wildman–Crippen MR) is 108 cm³/mol. The molecule has 0 saturated heterocycles. The summed E-state index contributed by atoms with van der Waals surface area (Å²) in [6.07, 6.45) is 0. The van der Waals surface area contributed by atoms with Crippen LogP contribution in [-0.4, -0.2) is 21.9 Å². The van der Waals surface area contributed by atoms with Gasteiger partial charge in [0.05, 0.1) is 11.4 Å². The number of anilines is 1. The average molecular weight is 484 g/mol. The Hall–Kier alpha value is -2.46. The van der Waals surface area contributed by atoms with Gasteiger partial charge in [-0.2, -0.15) is 0 Å². The molecule has 1 aromatic heterocycles. The minimum atomic E-state index is -0.876. The number of aromatic nitrogens is 2. The molecular formula is C19H16BrF2N3O3S. The van der Waals surface area contributed by atoms with E-state index >= 15 is 0 Å². The summed E-state index contributed by atoms with van der Waals surface area (Å²) < 4.78 is 38.2. The van der Waals surface area contributed by atoms with E-state index in [1.807, 2.05) is 32.0 Å². The lowest BCUT2D eigenvalue weighted by molar-refractivity contribution is -0.113. The fourth-order valence-corrected chi connectivity index (χ4v) is 3.57. The van der Waals surface area contributed by atoms with Crippen LogP contribution in [0.4, 0.5) is 14.5 Å². The summed E-state index contributed by atoms with van der Waals surface area (Å²) in [5.74, 6) is -1.20. The normalized spacial score (nSPS) is 10.8. The first kappa shape index (κ1) is 21.3. The minimum absolute atomic E-state index is 0.0946. The zero-order valence-electron chi connectivity index (χ0n) is 15.5. The quantitative estimate of drug-likeness (QED) is 0.474. The second-order valence-electron chi connectivity index (χ2n) is 6.05. The lowest BCUT2D eigenvalue weighted by Gasteiger charge is -2.09. The predicted octanol–water partition coefficient (Wildman–Crippen LogP) is 5.04. The van der Waals surface area contributed by atoms with Gasteiger partial charge in [0.15, 0.2) is 12.4 Å². The third-order valence-corrected chi connectivity index (χ3v) is 5.24. The van der Waals surface area contributed by atoms with E-state index in [2.05, 4.69) is 31.4 Å². The van der Waals surface area contributed by atoms with Crippen LogP contribution in [-0.2, 0) is 11.4 Å². The van der Waals surface area contributed by atoms with Gasteiger partial charge >= 0.3 is 0 Å². The number of amides is 1. The number of thioether (sulfide) groups is 1. The number of hydrogen-bond donors (Lipinski definition) is 1. The summed E-state index contributed by atoms with van der Waals surface area (Å²) in [6.45, 7) is 3.98. The summed E-state index contributed by atoms with van der Waals surface area (Å²) in [4.78, 5) is 12.0. The highest BCUT2D eigenvalue weighted by molar-refractivity contribution is 9.10. The molecule has 0 aliphatic carbocycles. The molecule has 1 N–H and O–H groups in total. The first-order valence-corrected chi connectivity index (χ1v) is 10.2. The van der Waals surface area contributed by atoms with Gasteiger partial charge in [0.2, 0.25) is 5.91 Å². The van der Waals surface area contributed by atoms with Gasteiger partial charge < -0.3 is 14.5 Å². The molecule has 0 spiro atoms. The van der Waals surface area contributed by atoms with E-state index in [1.165, 1.54) is 0 Å². The van der Waals surface area contributed by atoms with E-state index in [0.717, 1.165) is 34.7 Å². The highest BCUT2D eigenvalue weighted by Crippen LogP contribution is 2.28. The number of nitrogens with one attached hydrogen (secondary N) is 1. The molecule has 6 nitrogen and oxygen atoms in total. The number of para-hydroxylation sites is 1. The second kappa shape index (κ2) is 9.36. The highest BCUT2D eigenvalue weighted by Gasteiger charge is 2.15. The van der Waals surface area contributed by atoms with Gasteiger partial charge in [0.25, 0.3) is 11.1 Å². The van der Waals surface area contributed by atoms with Crippen LogP contribution in [0.3, 0.4) is 0 Å².